The van der Waals surface area contributed by atoms with E-state index in [1.807, 2.05) is 0 Å². The van der Waals surface area contributed by atoms with E-state index in [0.717, 1.165) is 24.3 Å². The minimum absolute atomic E-state index is 0.0645. The van der Waals surface area contributed by atoms with Crippen LogP contribution in [0.15, 0.2) is 36.4 Å². The lowest BCUT2D eigenvalue weighted by Crippen LogP contribution is -2.28. The van der Waals surface area contributed by atoms with Crippen LogP contribution in [-0.2, 0) is 4.79 Å². The molecule has 2 amide bonds. The molecule has 0 radical (unpaired) electrons. The highest BCUT2D eigenvalue weighted by atomic mass is 19.1. The Morgan fingerprint density at radius 3 is 2.40 bits per heavy atom. The van der Waals surface area contributed by atoms with E-state index in [4.69, 9.17) is 4.74 Å². The molecule has 0 saturated carbocycles. The minimum atomic E-state index is -0.988. The number of hydrogen-bond donors (Lipinski definition) is 2. The number of carbonyl (C=O) groups excluding carboxylic acids is 2. The van der Waals surface area contributed by atoms with E-state index in [9.17, 15) is 22.8 Å². The number of carbonyl (C=O) groups is 2. The van der Waals surface area contributed by atoms with E-state index in [-0.39, 0.29) is 30.0 Å². The summed E-state index contributed by atoms with van der Waals surface area (Å²) in [5, 5.41) is 4.88. The number of hydrogen-bond acceptors (Lipinski definition) is 3. The molecule has 2 rings (SSSR count). The summed E-state index contributed by atoms with van der Waals surface area (Å²) in [7, 11) is 1.34. The van der Waals surface area contributed by atoms with E-state index >= 15 is 0 Å². The summed E-state index contributed by atoms with van der Waals surface area (Å²) in [5.74, 6) is -3.34. The lowest BCUT2D eigenvalue weighted by atomic mass is 10.2. The topological polar surface area (TPSA) is 67.4 Å². The third-order valence-corrected chi connectivity index (χ3v) is 3.25. The van der Waals surface area contributed by atoms with Gasteiger partial charge in [-0.3, -0.25) is 9.59 Å². The summed E-state index contributed by atoms with van der Waals surface area (Å²) in [6, 6.07) is 6.21. The molecule has 5 nitrogen and oxygen atoms in total. The summed E-state index contributed by atoms with van der Waals surface area (Å²) >= 11 is 0. The van der Waals surface area contributed by atoms with Crippen molar-refractivity contribution < 1.29 is 27.5 Å². The van der Waals surface area contributed by atoms with Gasteiger partial charge in [0.05, 0.1) is 18.4 Å². The molecule has 0 heterocycles. The van der Waals surface area contributed by atoms with Crippen LogP contribution < -0.4 is 15.4 Å². The summed E-state index contributed by atoms with van der Waals surface area (Å²) in [6.07, 6.45) is -0.102. The number of benzene rings is 2. The smallest absolute Gasteiger partial charge is 0.254 e. The van der Waals surface area contributed by atoms with Gasteiger partial charge >= 0.3 is 0 Å². The fourth-order valence-electron chi connectivity index (χ4n) is 2.04. The number of amides is 2. The fraction of sp³-hybridized carbons (Fsp3) is 0.176. The molecule has 0 unspecified atom stereocenters. The van der Waals surface area contributed by atoms with Gasteiger partial charge in [0.15, 0.2) is 0 Å². The van der Waals surface area contributed by atoms with Crippen molar-refractivity contribution in [3.8, 4) is 5.75 Å². The maximum Gasteiger partial charge on any atom is 0.254 e. The summed E-state index contributed by atoms with van der Waals surface area (Å²) in [6.45, 7) is -0.0645. The largest absolute Gasteiger partial charge is 0.494 e. The van der Waals surface area contributed by atoms with Crippen molar-refractivity contribution in [2.75, 3.05) is 19.0 Å². The van der Waals surface area contributed by atoms with Crippen LogP contribution >= 0.6 is 0 Å². The van der Waals surface area contributed by atoms with Gasteiger partial charge in [0.25, 0.3) is 5.91 Å². The van der Waals surface area contributed by atoms with Crippen LogP contribution in [0.5, 0.6) is 5.75 Å². The van der Waals surface area contributed by atoms with Gasteiger partial charge in [0, 0.05) is 25.1 Å². The molecular formula is C17H15F3N2O3. The van der Waals surface area contributed by atoms with Crippen molar-refractivity contribution >= 4 is 17.5 Å². The minimum Gasteiger partial charge on any atom is -0.494 e. The molecule has 132 valence electrons. The fourth-order valence-corrected chi connectivity index (χ4v) is 2.04. The zero-order valence-electron chi connectivity index (χ0n) is 13.2. The van der Waals surface area contributed by atoms with Gasteiger partial charge in [-0.1, -0.05) is 0 Å². The summed E-state index contributed by atoms with van der Waals surface area (Å²) in [5.41, 5.74) is -0.0354. The van der Waals surface area contributed by atoms with Crippen molar-refractivity contribution in [2.45, 2.75) is 6.42 Å². The number of methoxy groups -OCH3 is 1. The summed E-state index contributed by atoms with van der Waals surface area (Å²) < 4.78 is 44.3. The first-order valence-corrected chi connectivity index (χ1v) is 7.27. The normalized spacial score (nSPS) is 10.2. The van der Waals surface area contributed by atoms with Crippen molar-refractivity contribution in [3.05, 3.63) is 59.4 Å². The second-order valence-corrected chi connectivity index (χ2v) is 5.02. The number of rotatable bonds is 6. The molecule has 2 N–H and O–H groups in total. The van der Waals surface area contributed by atoms with Crippen molar-refractivity contribution in [2.24, 2.45) is 0 Å². The SMILES string of the molecule is COc1cc(F)ccc1NC(=O)CCNC(=O)c1ccc(F)cc1F. The summed E-state index contributed by atoms with van der Waals surface area (Å²) in [4.78, 5) is 23.6. The van der Waals surface area contributed by atoms with Gasteiger partial charge in [0.1, 0.15) is 23.2 Å². The molecule has 0 saturated heterocycles. The van der Waals surface area contributed by atoms with Gasteiger partial charge in [-0.25, -0.2) is 13.2 Å². The van der Waals surface area contributed by atoms with Crippen LogP contribution in [0.25, 0.3) is 0 Å². The zero-order chi connectivity index (χ0) is 18.4. The molecule has 0 fully saturated rings. The molecule has 25 heavy (non-hydrogen) atoms. The number of anilines is 1. The molecule has 2 aromatic carbocycles. The predicted molar refractivity (Wildman–Crippen MR) is 84.9 cm³/mol. The van der Waals surface area contributed by atoms with E-state index in [1.165, 1.54) is 13.2 Å². The quantitative estimate of drug-likeness (QED) is 0.840. The first-order chi connectivity index (χ1) is 11.9. The third kappa shape index (κ3) is 4.97. The van der Waals surface area contributed by atoms with Crippen LogP contribution in [0.1, 0.15) is 16.8 Å². The highest BCUT2D eigenvalue weighted by Crippen LogP contribution is 2.24. The Labute approximate surface area is 141 Å². The molecule has 0 aliphatic carbocycles. The highest BCUT2D eigenvalue weighted by molar-refractivity contribution is 5.95. The number of nitrogens with one attached hydrogen (secondary N) is 2. The highest BCUT2D eigenvalue weighted by Gasteiger charge is 2.13. The molecule has 0 aliphatic rings. The van der Waals surface area contributed by atoms with Crippen LogP contribution in [-0.4, -0.2) is 25.5 Å². The van der Waals surface area contributed by atoms with Gasteiger partial charge in [-0.2, -0.15) is 0 Å². The number of ether oxygens (including phenoxy) is 1. The Hall–Kier alpha value is -3.03. The molecule has 0 aliphatic heterocycles. The standard InChI is InChI=1S/C17H15F3N2O3/c1-25-15-9-11(19)3-5-14(15)22-16(23)6-7-21-17(24)12-4-2-10(18)8-13(12)20/h2-5,8-9H,6-7H2,1H3,(H,21,24)(H,22,23). The molecule has 0 bridgehead atoms. The first kappa shape index (κ1) is 18.3. The Bertz CT molecular complexity index is 797. The lowest BCUT2D eigenvalue weighted by Gasteiger charge is -2.10. The third-order valence-electron chi connectivity index (χ3n) is 3.25. The maximum absolute atomic E-state index is 13.5. The lowest BCUT2D eigenvalue weighted by molar-refractivity contribution is -0.116. The molecule has 2 aromatic rings. The molecular weight excluding hydrogens is 337 g/mol. The van der Waals surface area contributed by atoms with Crippen LogP contribution in [0.4, 0.5) is 18.9 Å². The second-order valence-electron chi connectivity index (χ2n) is 5.02. The monoisotopic (exact) mass is 352 g/mol. The van der Waals surface area contributed by atoms with E-state index in [2.05, 4.69) is 10.6 Å². The maximum atomic E-state index is 13.5. The van der Waals surface area contributed by atoms with Crippen LogP contribution in [0.2, 0.25) is 0 Å². The van der Waals surface area contributed by atoms with E-state index in [0.29, 0.717) is 6.07 Å². The van der Waals surface area contributed by atoms with Gasteiger partial charge in [0.2, 0.25) is 5.91 Å². The van der Waals surface area contributed by atoms with Crippen LogP contribution in [0, 0.1) is 17.5 Å². The van der Waals surface area contributed by atoms with Crippen molar-refractivity contribution in [3.63, 3.8) is 0 Å². The average Bonchev–Trinajstić information content (AvgIpc) is 2.56. The molecule has 0 spiro atoms. The zero-order valence-corrected chi connectivity index (χ0v) is 13.2. The Balaban J connectivity index is 1.87. The molecule has 8 heteroatoms. The van der Waals surface area contributed by atoms with Crippen LogP contribution in [0.3, 0.4) is 0 Å². The van der Waals surface area contributed by atoms with Crippen molar-refractivity contribution in [1.29, 1.82) is 0 Å². The van der Waals surface area contributed by atoms with E-state index < -0.39 is 29.3 Å². The average molecular weight is 352 g/mol. The van der Waals surface area contributed by atoms with Crippen molar-refractivity contribution in [1.82, 2.24) is 5.32 Å². The van der Waals surface area contributed by atoms with Gasteiger partial charge < -0.3 is 15.4 Å². The second kappa shape index (κ2) is 8.18. The molecule has 0 aromatic heterocycles. The Kier molecular flexibility index (Phi) is 5.99. The Morgan fingerprint density at radius 2 is 1.72 bits per heavy atom. The van der Waals surface area contributed by atoms with E-state index in [1.54, 1.807) is 0 Å². The number of halogens is 3. The first-order valence-electron chi connectivity index (χ1n) is 7.27. The molecule has 0 atom stereocenters. The van der Waals surface area contributed by atoms with Gasteiger partial charge in [-0.05, 0) is 24.3 Å². The van der Waals surface area contributed by atoms with Gasteiger partial charge in [-0.15, -0.1) is 0 Å². The Morgan fingerprint density at radius 1 is 1.04 bits per heavy atom. The predicted octanol–water partition coefficient (Wildman–Crippen LogP) is 2.87.